The van der Waals surface area contributed by atoms with E-state index in [4.69, 9.17) is 0 Å². The first kappa shape index (κ1) is 14.8. The molecule has 3 rings (SSSR count). The molecule has 5 heteroatoms. The van der Waals surface area contributed by atoms with Gasteiger partial charge in [0.1, 0.15) is 0 Å². The third-order valence-electron chi connectivity index (χ3n) is 5.14. The van der Waals surface area contributed by atoms with Crippen molar-refractivity contribution in [2.24, 2.45) is 17.8 Å². The summed E-state index contributed by atoms with van der Waals surface area (Å²) in [6.07, 6.45) is 6.34. The standard InChI is InChI=1S/C16H26N2O3/c19-14-5-3-11(4-6-14)8-17-16(21)13-7-15(20)18(10-13)9-12-1-2-12/h11-14,19H,1-10H2,(H,17,21). The third kappa shape index (κ3) is 3.96. The first-order valence-electron chi connectivity index (χ1n) is 8.35. The van der Waals surface area contributed by atoms with Crippen LogP contribution in [0.5, 0.6) is 0 Å². The van der Waals surface area contributed by atoms with E-state index in [-0.39, 0.29) is 23.8 Å². The summed E-state index contributed by atoms with van der Waals surface area (Å²) in [7, 11) is 0. The minimum absolute atomic E-state index is 0.0350. The molecule has 2 saturated carbocycles. The van der Waals surface area contributed by atoms with Gasteiger partial charge < -0.3 is 15.3 Å². The zero-order chi connectivity index (χ0) is 14.8. The lowest BCUT2D eigenvalue weighted by Crippen LogP contribution is -2.37. The van der Waals surface area contributed by atoms with E-state index in [1.165, 1.54) is 12.8 Å². The van der Waals surface area contributed by atoms with Gasteiger partial charge >= 0.3 is 0 Å². The normalized spacial score (nSPS) is 33.3. The van der Waals surface area contributed by atoms with Crippen LogP contribution in [-0.2, 0) is 9.59 Å². The zero-order valence-corrected chi connectivity index (χ0v) is 12.6. The molecular weight excluding hydrogens is 268 g/mol. The zero-order valence-electron chi connectivity index (χ0n) is 12.6. The molecule has 1 atom stereocenters. The molecule has 0 bridgehead atoms. The van der Waals surface area contributed by atoms with Gasteiger partial charge in [-0.1, -0.05) is 0 Å². The highest BCUT2D eigenvalue weighted by atomic mass is 16.3. The van der Waals surface area contributed by atoms with Gasteiger partial charge in [0.25, 0.3) is 0 Å². The Kier molecular flexibility index (Phi) is 4.48. The molecule has 0 aromatic rings. The van der Waals surface area contributed by atoms with Crippen molar-refractivity contribution in [3.63, 3.8) is 0 Å². The van der Waals surface area contributed by atoms with Gasteiger partial charge in [-0.3, -0.25) is 9.59 Å². The topological polar surface area (TPSA) is 69.6 Å². The second-order valence-electron chi connectivity index (χ2n) is 7.06. The van der Waals surface area contributed by atoms with E-state index >= 15 is 0 Å². The number of hydrogen-bond acceptors (Lipinski definition) is 3. The van der Waals surface area contributed by atoms with E-state index in [1.807, 2.05) is 4.90 Å². The monoisotopic (exact) mass is 294 g/mol. The van der Waals surface area contributed by atoms with E-state index in [1.54, 1.807) is 0 Å². The average Bonchev–Trinajstić information content (AvgIpc) is 3.21. The predicted octanol–water partition coefficient (Wildman–Crippen LogP) is 0.912. The molecule has 5 nitrogen and oxygen atoms in total. The van der Waals surface area contributed by atoms with Crippen LogP contribution in [0.2, 0.25) is 0 Å². The van der Waals surface area contributed by atoms with E-state index in [0.29, 0.717) is 31.3 Å². The van der Waals surface area contributed by atoms with Crippen molar-refractivity contribution >= 4 is 11.8 Å². The second-order valence-corrected chi connectivity index (χ2v) is 7.06. The predicted molar refractivity (Wildman–Crippen MR) is 78.4 cm³/mol. The molecule has 118 valence electrons. The highest BCUT2D eigenvalue weighted by Crippen LogP contribution is 2.32. The number of amides is 2. The second kappa shape index (κ2) is 6.34. The molecule has 3 fully saturated rings. The molecular formula is C16H26N2O3. The molecule has 1 saturated heterocycles. The number of nitrogens with zero attached hydrogens (tertiary/aromatic N) is 1. The Morgan fingerprint density at radius 3 is 2.48 bits per heavy atom. The number of likely N-dealkylation sites (tertiary alicyclic amines) is 1. The summed E-state index contributed by atoms with van der Waals surface area (Å²) in [5.41, 5.74) is 0. The van der Waals surface area contributed by atoms with Crippen LogP contribution in [0.25, 0.3) is 0 Å². The first-order chi connectivity index (χ1) is 10.1. The van der Waals surface area contributed by atoms with Gasteiger partial charge in [0.15, 0.2) is 0 Å². The maximum Gasteiger partial charge on any atom is 0.225 e. The molecule has 0 aromatic heterocycles. The molecule has 1 heterocycles. The Labute approximate surface area is 126 Å². The Hall–Kier alpha value is -1.10. The van der Waals surface area contributed by atoms with E-state index in [0.717, 1.165) is 32.2 Å². The summed E-state index contributed by atoms with van der Waals surface area (Å²) < 4.78 is 0. The van der Waals surface area contributed by atoms with E-state index in [2.05, 4.69) is 5.32 Å². The van der Waals surface area contributed by atoms with Crippen LogP contribution in [0.15, 0.2) is 0 Å². The van der Waals surface area contributed by atoms with Gasteiger partial charge in [-0.05, 0) is 50.4 Å². The summed E-state index contributed by atoms with van der Waals surface area (Å²) in [5, 5.41) is 12.5. The quantitative estimate of drug-likeness (QED) is 0.792. The Balaban J connectivity index is 1.40. The number of aliphatic hydroxyl groups excluding tert-OH is 1. The van der Waals surface area contributed by atoms with Gasteiger partial charge in [0, 0.05) is 26.1 Å². The lowest BCUT2D eigenvalue weighted by atomic mass is 9.87. The van der Waals surface area contributed by atoms with Crippen LogP contribution in [0.4, 0.5) is 0 Å². The summed E-state index contributed by atoms with van der Waals surface area (Å²) >= 11 is 0. The molecule has 3 aliphatic rings. The van der Waals surface area contributed by atoms with Crippen LogP contribution in [0.1, 0.15) is 44.9 Å². The number of hydrogen-bond donors (Lipinski definition) is 2. The van der Waals surface area contributed by atoms with Crippen LogP contribution < -0.4 is 5.32 Å². The smallest absolute Gasteiger partial charge is 0.225 e. The minimum Gasteiger partial charge on any atom is -0.393 e. The summed E-state index contributed by atoms with van der Waals surface area (Å²) in [4.78, 5) is 26.0. The molecule has 2 aliphatic carbocycles. The van der Waals surface area contributed by atoms with Gasteiger partial charge in [0.2, 0.25) is 11.8 Å². The van der Waals surface area contributed by atoms with Crippen molar-refractivity contribution in [2.75, 3.05) is 19.6 Å². The molecule has 1 unspecified atom stereocenters. The Bertz CT molecular complexity index is 400. The van der Waals surface area contributed by atoms with Crippen LogP contribution in [0, 0.1) is 17.8 Å². The largest absolute Gasteiger partial charge is 0.393 e. The molecule has 2 N–H and O–H groups in total. The molecule has 0 aromatic carbocycles. The van der Waals surface area contributed by atoms with Gasteiger partial charge in [0.05, 0.1) is 12.0 Å². The van der Waals surface area contributed by atoms with Crippen molar-refractivity contribution < 1.29 is 14.7 Å². The highest BCUT2D eigenvalue weighted by molar-refractivity contribution is 5.89. The highest BCUT2D eigenvalue weighted by Gasteiger charge is 2.37. The molecule has 0 spiro atoms. The number of rotatable bonds is 5. The van der Waals surface area contributed by atoms with E-state index in [9.17, 15) is 14.7 Å². The Morgan fingerprint density at radius 1 is 1.14 bits per heavy atom. The van der Waals surface area contributed by atoms with Crippen LogP contribution in [0.3, 0.4) is 0 Å². The van der Waals surface area contributed by atoms with Crippen LogP contribution >= 0.6 is 0 Å². The average molecular weight is 294 g/mol. The third-order valence-corrected chi connectivity index (χ3v) is 5.14. The maximum atomic E-state index is 12.2. The van der Waals surface area contributed by atoms with Gasteiger partial charge in [-0.15, -0.1) is 0 Å². The SMILES string of the molecule is O=C(NCC1CCC(O)CC1)C1CC(=O)N(CC2CC2)C1. The number of carbonyl (C=O) groups is 2. The minimum atomic E-state index is -0.162. The van der Waals surface area contributed by atoms with Crippen molar-refractivity contribution in [1.82, 2.24) is 10.2 Å². The fraction of sp³-hybridized carbons (Fsp3) is 0.875. The summed E-state index contributed by atoms with van der Waals surface area (Å²) in [6, 6.07) is 0. The molecule has 2 amide bonds. The number of carbonyl (C=O) groups excluding carboxylic acids is 2. The first-order valence-corrected chi connectivity index (χ1v) is 8.35. The number of nitrogens with one attached hydrogen (secondary N) is 1. The lowest BCUT2D eigenvalue weighted by molar-refractivity contribution is -0.129. The van der Waals surface area contributed by atoms with Crippen molar-refractivity contribution in [3.05, 3.63) is 0 Å². The van der Waals surface area contributed by atoms with Gasteiger partial charge in [-0.25, -0.2) is 0 Å². The fourth-order valence-corrected chi connectivity index (χ4v) is 3.47. The number of aliphatic hydroxyl groups is 1. The van der Waals surface area contributed by atoms with Crippen LogP contribution in [-0.4, -0.2) is 47.6 Å². The Morgan fingerprint density at radius 2 is 1.81 bits per heavy atom. The molecule has 1 aliphatic heterocycles. The molecule has 21 heavy (non-hydrogen) atoms. The van der Waals surface area contributed by atoms with Crippen molar-refractivity contribution in [2.45, 2.75) is 51.0 Å². The van der Waals surface area contributed by atoms with Crippen molar-refractivity contribution in [3.8, 4) is 0 Å². The van der Waals surface area contributed by atoms with E-state index < -0.39 is 0 Å². The summed E-state index contributed by atoms with van der Waals surface area (Å²) in [6.45, 7) is 2.15. The lowest BCUT2D eigenvalue weighted by Gasteiger charge is -2.25. The summed E-state index contributed by atoms with van der Waals surface area (Å²) in [5.74, 6) is 1.18. The van der Waals surface area contributed by atoms with Gasteiger partial charge in [-0.2, -0.15) is 0 Å². The fourth-order valence-electron chi connectivity index (χ4n) is 3.47. The van der Waals surface area contributed by atoms with Crippen molar-refractivity contribution in [1.29, 1.82) is 0 Å². The maximum absolute atomic E-state index is 12.2. The molecule has 0 radical (unpaired) electrons.